The number of aromatic nitrogens is 3. The highest BCUT2D eigenvalue weighted by atomic mass is 16.8. The Kier molecular flexibility index (Phi) is 8.75. The number of rotatable bonds is 10. The van der Waals surface area contributed by atoms with Crippen LogP contribution in [0.5, 0.6) is 5.75 Å². The van der Waals surface area contributed by atoms with Crippen LogP contribution in [0.4, 0.5) is 5.95 Å². The van der Waals surface area contributed by atoms with Crippen LogP contribution in [0.15, 0.2) is 36.8 Å². The normalized spacial score (nSPS) is 18.6. The van der Waals surface area contributed by atoms with E-state index in [2.05, 4.69) is 50.3 Å². The molecule has 2 aliphatic rings. The quantitative estimate of drug-likeness (QED) is 0.303. The lowest BCUT2D eigenvalue weighted by molar-refractivity contribution is -0.186. The van der Waals surface area contributed by atoms with Crippen LogP contribution in [0, 0.1) is 5.92 Å². The molecular weight excluding hydrogens is 482 g/mol. The number of fused-ring (bicyclic) bond motifs is 1. The summed E-state index contributed by atoms with van der Waals surface area (Å²) in [5.41, 5.74) is 5.50. The minimum atomic E-state index is -0.378. The number of nitrogens with zero attached hydrogens (tertiary/aromatic N) is 4. The largest absolute Gasteiger partial charge is 0.497 e. The van der Waals surface area contributed by atoms with Crippen molar-refractivity contribution in [3.63, 3.8) is 0 Å². The number of methoxy groups -OCH3 is 1. The van der Waals surface area contributed by atoms with Crippen LogP contribution in [-0.4, -0.2) is 53.5 Å². The number of hydroxylamine groups is 1. The van der Waals surface area contributed by atoms with Crippen molar-refractivity contribution in [2.75, 3.05) is 31.7 Å². The molecule has 2 aliphatic heterocycles. The molecule has 2 fully saturated rings. The van der Waals surface area contributed by atoms with Crippen molar-refractivity contribution in [1.29, 1.82) is 0 Å². The number of ether oxygens (including phenoxy) is 2. The zero-order chi connectivity index (χ0) is 26.3. The van der Waals surface area contributed by atoms with Gasteiger partial charge in [0.15, 0.2) is 6.29 Å². The van der Waals surface area contributed by atoms with Crippen LogP contribution in [0.2, 0.25) is 0 Å². The zero-order valence-electron chi connectivity index (χ0n) is 22.5. The number of carbonyl (C=O) groups is 1. The average molecular weight is 522 g/mol. The highest BCUT2D eigenvalue weighted by molar-refractivity contribution is 5.92. The minimum absolute atomic E-state index is 0.355. The molecule has 0 spiro atoms. The zero-order valence-corrected chi connectivity index (χ0v) is 22.5. The van der Waals surface area contributed by atoms with Crippen molar-refractivity contribution in [2.45, 2.75) is 64.1 Å². The van der Waals surface area contributed by atoms with Gasteiger partial charge in [-0.05, 0) is 68.2 Å². The molecule has 0 bridgehead atoms. The Balaban J connectivity index is 1.03. The molecule has 2 aromatic heterocycles. The van der Waals surface area contributed by atoms with E-state index in [4.69, 9.17) is 14.3 Å². The minimum Gasteiger partial charge on any atom is -0.497 e. The van der Waals surface area contributed by atoms with Gasteiger partial charge < -0.3 is 18.9 Å². The third-order valence-corrected chi connectivity index (χ3v) is 7.81. The summed E-state index contributed by atoms with van der Waals surface area (Å²) in [6.45, 7) is 2.55. The van der Waals surface area contributed by atoms with Gasteiger partial charge in [-0.3, -0.25) is 4.79 Å². The summed E-state index contributed by atoms with van der Waals surface area (Å²) in [5, 5.41) is 1.30. The van der Waals surface area contributed by atoms with Gasteiger partial charge in [0, 0.05) is 62.7 Å². The summed E-state index contributed by atoms with van der Waals surface area (Å²) in [6, 6.07) is 6.32. The second kappa shape index (κ2) is 12.6. The van der Waals surface area contributed by atoms with E-state index in [1.54, 1.807) is 19.5 Å². The van der Waals surface area contributed by atoms with Crippen molar-refractivity contribution in [2.24, 2.45) is 13.0 Å². The first-order valence-corrected chi connectivity index (χ1v) is 13.9. The number of unbranched alkanes of at least 4 members (excludes halogenated alkanes) is 1. The Labute approximate surface area is 224 Å². The van der Waals surface area contributed by atoms with E-state index in [1.807, 2.05) is 6.07 Å². The second-order valence-corrected chi connectivity index (χ2v) is 10.4. The van der Waals surface area contributed by atoms with E-state index in [0.29, 0.717) is 18.1 Å². The van der Waals surface area contributed by atoms with Crippen molar-refractivity contribution in [3.8, 4) is 5.75 Å². The van der Waals surface area contributed by atoms with Gasteiger partial charge in [-0.2, -0.15) is 0 Å². The van der Waals surface area contributed by atoms with E-state index in [0.717, 1.165) is 63.3 Å². The Morgan fingerprint density at radius 3 is 2.68 bits per heavy atom. The molecule has 38 heavy (non-hydrogen) atoms. The number of hydrogen-bond donors (Lipinski definition) is 1. The molecular formula is C29H39N5O4. The first kappa shape index (κ1) is 26.4. The summed E-state index contributed by atoms with van der Waals surface area (Å²) in [4.78, 5) is 28.8. The Morgan fingerprint density at radius 2 is 1.95 bits per heavy atom. The number of piperidine rings is 1. The summed E-state index contributed by atoms with van der Waals surface area (Å²) < 4.78 is 13.1. The van der Waals surface area contributed by atoms with Crippen LogP contribution in [0.3, 0.4) is 0 Å². The van der Waals surface area contributed by atoms with Gasteiger partial charge in [0.25, 0.3) is 5.91 Å². The second-order valence-electron chi connectivity index (χ2n) is 10.4. The lowest BCUT2D eigenvalue weighted by Crippen LogP contribution is -2.35. The van der Waals surface area contributed by atoms with E-state index in [-0.39, 0.29) is 12.2 Å². The van der Waals surface area contributed by atoms with Crippen LogP contribution in [0.1, 0.15) is 67.3 Å². The first-order chi connectivity index (χ1) is 18.6. The molecule has 9 heteroatoms. The molecule has 2 saturated heterocycles. The van der Waals surface area contributed by atoms with E-state index in [9.17, 15) is 4.79 Å². The van der Waals surface area contributed by atoms with Gasteiger partial charge in [0.05, 0.1) is 12.7 Å². The van der Waals surface area contributed by atoms with Crippen molar-refractivity contribution in [3.05, 3.63) is 47.9 Å². The molecule has 0 aliphatic carbocycles. The summed E-state index contributed by atoms with van der Waals surface area (Å²) >= 11 is 0. The fraction of sp³-hybridized carbons (Fsp3) is 0.552. The van der Waals surface area contributed by atoms with Crippen LogP contribution in [0.25, 0.3) is 10.9 Å². The fourth-order valence-corrected chi connectivity index (χ4v) is 5.53. The Hall–Kier alpha value is -3.17. The summed E-state index contributed by atoms with van der Waals surface area (Å²) in [5.74, 6) is 1.98. The maximum Gasteiger partial charge on any atom is 0.278 e. The number of nitrogens with one attached hydrogen (secondary N) is 1. The summed E-state index contributed by atoms with van der Waals surface area (Å²) in [7, 11) is 3.83. The highest BCUT2D eigenvalue weighted by Crippen LogP contribution is 2.28. The maximum absolute atomic E-state index is 12.3. The average Bonchev–Trinajstić information content (AvgIpc) is 3.29. The van der Waals surface area contributed by atoms with Gasteiger partial charge in [-0.1, -0.05) is 12.8 Å². The van der Waals surface area contributed by atoms with Gasteiger partial charge >= 0.3 is 0 Å². The van der Waals surface area contributed by atoms with E-state index >= 15 is 0 Å². The van der Waals surface area contributed by atoms with Crippen LogP contribution >= 0.6 is 0 Å². The summed E-state index contributed by atoms with van der Waals surface area (Å²) in [6.07, 6.45) is 14.9. The number of aryl methyl sites for hydroxylation is 2. The van der Waals surface area contributed by atoms with Crippen LogP contribution in [-0.2, 0) is 23.0 Å². The number of amides is 1. The fourth-order valence-electron chi connectivity index (χ4n) is 5.53. The monoisotopic (exact) mass is 521 g/mol. The predicted molar refractivity (Wildman–Crippen MR) is 146 cm³/mol. The maximum atomic E-state index is 12.3. The molecule has 1 N–H and O–H groups in total. The molecule has 1 atom stereocenters. The lowest BCUT2D eigenvalue weighted by Gasteiger charge is -2.32. The van der Waals surface area contributed by atoms with E-state index < -0.39 is 0 Å². The lowest BCUT2D eigenvalue weighted by atomic mass is 9.91. The molecule has 1 unspecified atom stereocenters. The van der Waals surface area contributed by atoms with Crippen molar-refractivity contribution < 1.29 is 19.1 Å². The molecule has 204 valence electrons. The first-order valence-electron chi connectivity index (χ1n) is 13.9. The van der Waals surface area contributed by atoms with E-state index in [1.165, 1.54) is 35.7 Å². The number of hydrogen-bond acceptors (Lipinski definition) is 7. The molecule has 1 aromatic carbocycles. The SMILES string of the molecule is COc1ccc2c(c1)c(CCCCC1CCN(c3ncc(C(=O)NOC4CCCCO4)cn3)CC1)cn2C. The van der Waals surface area contributed by atoms with Gasteiger partial charge in [0.1, 0.15) is 5.75 Å². The van der Waals surface area contributed by atoms with Crippen molar-refractivity contribution >= 4 is 22.8 Å². The molecule has 3 aromatic rings. The number of carbonyl (C=O) groups excluding carboxylic acids is 1. The molecule has 0 radical (unpaired) electrons. The Bertz CT molecular complexity index is 1200. The number of benzene rings is 1. The van der Waals surface area contributed by atoms with Gasteiger partial charge in [-0.15, -0.1) is 0 Å². The van der Waals surface area contributed by atoms with Crippen LogP contribution < -0.4 is 15.1 Å². The standard InChI is InChI=1S/C29H39N5O4/c1-33-20-22(25-17-24(36-2)10-11-26(25)33)8-4-3-7-21-12-14-34(15-13-21)29-30-18-23(19-31-29)28(35)32-38-27-9-5-6-16-37-27/h10-11,17-21,27H,3-9,12-16H2,1-2H3,(H,32,35). The topological polar surface area (TPSA) is 90.7 Å². The number of anilines is 1. The molecule has 1 amide bonds. The molecule has 4 heterocycles. The molecule has 5 rings (SSSR count). The van der Waals surface area contributed by atoms with Gasteiger partial charge in [-0.25, -0.2) is 20.3 Å². The third-order valence-electron chi connectivity index (χ3n) is 7.81. The molecule has 9 nitrogen and oxygen atoms in total. The Morgan fingerprint density at radius 1 is 1.13 bits per heavy atom. The third kappa shape index (κ3) is 6.45. The predicted octanol–water partition coefficient (Wildman–Crippen LogP) is 4.79. The highest BCUT2D eigenvalue weighted by Gasteiger charge is 2.22. The smallest absolute Gasteiger partial charge is 0.278 e. The molecule has 0 saturated carbocycles. The van der Waals surface area contributed by atoms with Crippen molar-refractivity contribution in [1.82, 2.24) is 20.0 Å². The van der Waals surface area contributed by atoms with Gasteiger partial charge in [0.2, 0.25) is 5.95 Å².